The van der Waals surface area contributed by atoms with Gasteiger partial charge >= 0.3 is 5.69 Å². The molecule has 0 fully saturated rings. The van der Waals surface area contributed by atoms with Crippen molar-refractivity contribution < 1.29 is 23.3 Å². The Hall–Kier alpha value is -4.30. The van der Waals surface area contributed by atoms with E-state index in [9.17, 15) is 14.9 Å². The van der Waals surface area contributed by atoms with Crippen LogP contribution in [0.1, 0.15) is 56.4 Å². The number of methoxy groups -OCH3 is 2. The van der Waals surface area contributed by atoms with E-state index in [2.05, 4.69) is 43.4 Å². The number of nitrogens with one attached hydrogen (secondary N) is 1. The summed E-state index contributed by atoms with van der Waals surface area (Å²) in [7, 11) is 1.53. The first-order chi connectivity index (χ1) is 24.0. The maximum absolute atomic E-state index is 13.1. The van der Waals surface area contributed by atoms with Crippen molar-refractivity contribution in [1.29, 1.82) is 5.26 Å². The number of ether oxygens (including phenoxy) is 3. The zero-order chi connectivity index (χ0) is 36.3. The van der Waals surface area contributed by atoms with Gasteiger partial charge in [-0.2, -0.15) is 5.26 Å². The van der Waals surface area contributed by atoms with Crippen molar-refractivity contribution in [2.45, 2.75) is 71.4 Å². The largest absolute Gasteiger partial charge is 0.497 e. The Morgan fingerprint density at radius 2 is 1.40 bits per heavy atom. The van der Waals surface area contributed by atoms with Crippen molar-refractivity contribution >= 4 is 8.53 Å². The topological polar surface area (TPSA) is 128 Å². The van der Waals surface area contributed by atoms with Crippen LogP contribution in [0.3, 0.4) is 0 Å². The minimum Gasteiger partial charge on any atom is -0.497 e. The third-order valence-electron chi connectivity index (χ3n) is 8.15. The fourth-order valence-corrected chi connectivity index (χ4v) is 7.49. The number of H-pyrrole nitrogens is 1. The molecule has 0 aliphatic rings. The predicted octanol–water partition coefficient (Wildman–Crippen LogP) is 6.53. The third-order valence-corrected chi connectivity index (χ3v) is 10.3. The lowest BCUT2D eigenvalue weighted by atomic mass is 9.80. The van der Waals surface area contributed by atoms with Gasteiger partial charge in [-0.05, 0) is 75.6 Å². The van der Waals surface area contributed by atoms with Crippen molar-refractivity contribution in [3.63, 3.8) is 0 Å². The molecule has 0 saturated carbocycles. The molecule has 0 amide bonds. The van der Waals surface area contributed by atoms with Gasteiger partial charge in [0, 0.05) is 23.8 Å². The summed E-state index contributed by atoms with van der Waals surface area (Å²) in [5.74, 6) is 1.39. The normalized spacial score (nSPS) is 13.0. The van der Waals surface area contributed by atoms with Gasteiger partial charge < -0.3 is 23.3 Å². The van der Waals surface area contributed by atoms with Crippen molar-refractivity contribution in [1.82, 2.24) is 14.2 Å². The Bertz CT molecular complexity index is 1750. The Morgan fingerprint density at radius 1 is 0.860 bits per heavy atom. The summed E-state index contributed by atoms with van der Waals surface area (Å²) in [6.45, 7) is 10.1. The Labute approximate surface area is 295 Å². The zero-order valence-electron chi connectivity index (χ0n) is 29.8. The lowest BCUT2D eigenvalue weighted by Gasteiger charge is -2.39. The van der Waals surface area contributed by atoms with Gasteiger partial charge in [-0.15, -0.1) is 0 Å². The second kappa shape index (κ2) is 18.1. The molecule has 4 aromatic rings. The van der Waals surface area contributed by atoms with Crippen LogP contribution < -0.4 is 20.7 Å². The molecule has 1 aromatic heterocycles. The number of aromatic amines is 1. The quantitative estimate of drug-likeness (QED) is 0.0699. The molecular weight excluding hydrogens is 655 g/mol. The summed E-state index contributed by atoms with van der Waals surface area (Å²) in [5, 5.41) is 9.28. The van der Waals surface area contributed by atoms with Gasteiger partial charge in [-0.1, -0.05) is 54.6 Å². The smallest absolute Gasteiger partial charge is 0.328 e. The van der Waals surface area contributed by atoms with Crippen molar-refractivity contribution in [2.24, 2.45) is 0 Å². The van der Waals surface area contributed by atoms with E-state index in [1.807, 2.05) is 78.9 Å². The van der Waals surface area contributed by atoms with E-state index in [0.717, 1.165) is 16.7 Å². The molecule has 2 atom stereocenters. The molecule has 0 aliphatic heterocycles. The van der Waals surface area contributed by atoms with E-state index in [-0.39, 0.29) is 38.3 Å². The highest BCUT2D eigenvalue weighted by molar-refractivity contribution is 7.44. The second-order valence-electron chi connectivity index (χ2n) is 12.3. The van der Waals surface area contributed by atoms with Crippen molar-refractivity contribution in [3.05, 3.63) is 128 Å². The van der Waals surface area contributed by atoms with Crippen LogP contribution >= 0.6 is 8.53 Å². The highest BCUT2D eigenvalue weighted by Crippen LogP contribution is 2.48. The van der Waals surface area contributed by atoms with Crippen LogP contribution in [-0.2, 0) is 25.9 Å². The Morgan fingerprint density at radius 3 is 1.90 bits per heavy atom. The molecular formula is C38H47N4O7P. The SMILES string of the molecule is COc1ccc(C(OC[C@H](Cn2cc(C)c(=O)[nH]c2=O)OP(OCCC#N)N(C(C)C)C(C)C)(c2ccccc2)c2ccc(OC)cc2)cc1. The molecule has 1 N–H and O–H groups in total. The van der Waals surface area contributed by atoms with Crippen LogP contribution in [0.15, 0.2) is 94.6 Å². The maximum atomic E-state index is 13.1. The van der Waals surface area contributed by atoms with Crippen molar-refractivity contribution in [3.8, 4) is 17.6 Å². The van der Waals surface area contributed by atoms with E-state index in [1.54, 1.807) is 21.1 Å². The van der Waals surface area contributed by atoms with Gasteiger partial charge in [0.15, 0.2) is 0 Å². The molecule has 4 rings (SSSR count). The van der Waals surface area contributed by atoms with E-state index in [0.29, 0.717) is 17.1 Å². The fraction of sp³-hybridized carbons (Fsp3) is 0.395. The van der Waals surface area contributed by atoms with Crippen LogP contribution in [0.4, 0.5) is 0 Å². The van der Waals surface area contributed by atoms with Crippen LogP contribution in [0.2, 0.25) is 0 Å². The average Bonchev–Trinajstić information content (AvgIpc) is 3.11. The molecule has 1 heterocycles. The monoisotopic (exact) mass is 702 g/mol. The summed E-state index contributed by atoms with van der Waals surface area (Å²) in [6.07, 6.45) is 0.972. The lowest BCUT2D eigenvalue weighted by Crippen LogP contribution is -2.41. The van der Waals surface area contributed by atoms with Gasteiger partial charge in [0.05, 0.1) is 46.5 Å². The molecule has 50 heavy (non-hydrogen) atoms. The van der Waals surface area contributed by atoms with Gasteiger partial charge in [-0.3, -0.25) is 14.3 Å². The van der Waals surface area contributed by atoms with Crippen LogP contribution in [0.25, 0.3) is 0 Å². The average molecular weight is 703 g/mol. The summed E-state index contributed by atoms with van der Waals surface area (Å²) in [5.41, 5.74) is 0.770. The molecule has 0 radical (unpaired) electrons. The van der Waals surface area contributed by atoms with Gasteiger partial charge in [-0.25, -0.2) is 9.46 Å². The number of hydrogen-bond acceptors (Lipinski definition) is 9. The minimum atomic E-state index is -1.72. The Balaban J connectivity index is 1.88. The second-order valence-corrected chi connectivity index (χ2v) is 13.7. The maximum Gasteiger partial charge on any atom is 0.328 e. The van der Waals surface area contributed by atoms with E-state index in [4.69, 9.17) is 23.3 Å². The number of nitriles is 1. The summed E-state index contributed by atoms with van der Waals surface area (Å²) in [4.78, 5) is 27.7. The lowest BCUT2D eigenvalue weighted by molar-refractivity contribution is -0.0387. The summed E-state index contributed by atoms with van der Waals surface area (Å²) >= 11 is 0. The fourth-order valence-electron chi connectivity index (χ4n) is 5.80. The van der Waals surface area contributed by atoms with Gasteiger partial charge in [0.1, 0.15) is 23.2 Å². The molecule has 0 bridgehead atoms. The number of benzene rings is 3. The van der Waals surface area contributed by atoms with Crippen LogP contribution in [0, 0.1) is 18.3 Å². The number of rotatable bonds is 18. The van der Waals surface area contributed by atoms with Crippen LogP contribution in [0.5, 0.6) is 11.5 Å². The minimum absolute atomic E-state index is 0.00202. The summed E-state index contributed by atoms with van der Waals surface area (Å²) in [6, 6.07) is 27.6. The zero-order valence-corrected chi connectivity index (χ0v) is 30.7. The molecule has 0 aliphatic carbocycles. The van der Waals surface area contributed by atoms with Crippen molar-refractivity contribution in [2.75, 3.05) is 27.4 Å². The molecule has 12 heteroatoms. The molecule has 11 nitrogen and oxygen atoms in total. The number of hydrogen-bond donors (Lipinski definition) is 1. The highest BCUT2D eigenvalue weighted by atomic mass is 31.2. The standard InChI is InChI=1S/C38H47N4O7P/c1-27(2)42(28(3)4)50(48-23-11-22-39)49-35(25-41-24-29(5)36(43)40-37(41)44)26-47-38(30-12-9-8-10-13-30,31-14-18-33(45-6)19-15-31)32-16-20-34(46-7)21-17-32/h8-10,12-21,24,27-28,35H,11,23,25-26H2,1-7H3,(H,40,43,44)/t35-,50?/m0/s1. The van der Waals surface area contributed by atoms with Gasteiger partial charge in [0.2, 0.25) is 0 Å². The van der Waals surface area contributed by atoms with E-state index in [1.165, 1.54) is 10.8 Å². The highest BCUT2D eigenvalue weighted by Gasteiger charge is 2.40. The molecule has 266 valence electrons. The molecule has 0 spiro atoms. The van der Waals surface area contributed by atoms with E-state index >= 15 is 0 Å². The molecule has 1 unspecified atom stereocenters. The number of aromatic nitrogens is 2. The first kappa shape index (κ1) is 38.5. The van der Waals surface area contributed by atoms with Gasteiger partial charge in [0.25, 0.3) is 14.1 Å². The van der Waals surface area contributed by atoms with E-state index < -0.39 is 31.5 Å². The summed E-state index contributed by atoms with van der Waals surface area (Å²) < 4.78 is 34.8. The third kappa shape index (κ3) is 9.27. The first-order valence-corrected chi connectivity index (χ1v) is 17.7. The first-order valence-electron chi connectivity index (χ1n) is 16.6. The predicted molar refractivity (Wildman–Crippen MR) is 194 cm³/mol. The molecule has 3 aromatic carbocycles. The number of aryl methyl sites for hydroxylation is 1. The van der Waals surface area contributed by atoms with Crippen LogP contribution in [-0.4, -0.2) is 59.8 Å². The number of nitrogens with zero attached hydrogens (tertiary/aromatic N) is 3. The molecule has 0 saturated heterocycles. The Kier molecular flexibility index (Phi) is 13.9.